The van der Waals surface area contributed by atoms with Crippen molar-refractivity contribution in [2.24, 2.45) is 11.8 Å². The van der Waals surface area contributed by atoms with Crippen molar-refractivity contribution >= 4 is 0 Å². The normalized spacial score (nSPS) is 30.2. The van der Waals surface area contributed by atoms with Crippen molar-refractivity contribution in [3.63, 3.8) is 0 Å². The monoisotopic (exact) mass is 195 g/mol. The summed E-state index contributed by atoms with van der Waals surface area (Å²) in [6.07, 6.45) is -3.38. The largest absolute Gasteiger partial charge is 0.389 e. The van der Waals surface area contributed by atoms with E-state index in [0.29, 0.717) is 11.8 Å². The Morgan fingerprint density at radius 2 is 2.00 bits per heavy atom. The van der Waals surface area contributed by atoms with Crippen molar-refractivity contribution in [1.29, 1.82) is 0 Å². The number of alkyl halides is 3. The molecule has 0 spiro atoms. The molecule has 13 heavy (non-hydrogen) atoms. The van der Waals surface area contributed by atoms with E-state index in [1.807, 2.05) is 0 Å². The third-order valence-electron chi connectivity index (χ3n) is 2.80. The Hall–Kier alpha value is -0.250. The number of hydrogen-bond acceptors (Lipinski definition) is 1. The van der Waals surface area contributed by atoms with Crippen LogP contribution in [0.1, 0.15) is 26.2 Å². The van der Waals surface area contributed by atoms with Crippen LogP contribution in [0, 0.1) is 11.8 Å². The van der Waals surface area contributed by atoms with Crippen LogP contribution >= 0.6 is 0 Å². The van der Waals surface area contributed by atoms with Gasteiger partial charge < -0.3 is 5.32 Å². The van der Waals surface area contributed by atoms with Crippen molar-refractivity contribution in [1.82, 2.24) is 5.32 Å². The molecule has 3 atom stereocenters. The lowest BCUT2D eigenvalue weighted by Gasteiger charge is -2.16. The maximum absolute atomic E-state index is 11.9. The van der Waals surface area contributed by atoms with Crippen LogP contribution in [0.4, 0.5) is 13.2 Å². The summed E-state index contributed by atoms with van der Waals surface area (Å²) >= 11 is 0. The molecular weight excluding hydrogens is 179 g/mol. The average Bonchev–Trinajstić information content (AvgIpc) is 2.66. The Morgan fingerprint density at radius 3 is 2.31 bits per heavy atom. The van der Waals surface area contributed by atoms with E-state index in [1.54, 1.807) is 7.05 Å². The summed E-state index contributed by atoms with van der Waals surface area (Å²) in [7, 11) is 1.74. The Kier molecular flexibility index (Phi) is 3.22. The first kappa shape index (κ1) is 10.8. The summed E-state index contributed by atoms with van der Waals surface area (Å²) in [5.41, 5.74) is 0. The van der Waals surface area contributed by atoms with E-state index in [4.69, 9.17) is 0 Å². The molecule has 1 aliphatic carbocycles. The average molecular weight is 195 g/mol. The fraction of sp³-hybridized carbons (Fsp3) is 1.00. The third kappa shape index (κ3) is 3.55. The lowest BCUT2D eigenvalue weighted by molar-refractivity contribution is -0.136. The van der Waals surface area contributed by atoms with E-state index in [9.17, 15) is 13.2 Å². The molecule has 1 fully saturated rings. The molecule has 0 saturated heterocycles. The van der Waals surface area contributed by atoms with E-state index in [2.05, 4.69) is 12.2 Å². The van der Waals surface area contributed by atoms with Gasteiger partial charge in [-0.2, -0.15) is 13.2 Å². The zero-order chi connectivity index (χ0) is 10.1. The van der Waals surface area contributed by atoms with Gasteiger partial charge >= 0.3 is 6.18 Å². The number of rotatable bonds is 4. The summed E-state index contributed by atoms with van der Waals surface area (Å²) in [4.78, 5) is 0. The van der Waals surface area contributed by atoms with E-state index >= 15 is 0 Å². The summed E-state index contributed by atoms with van der Waals surface area (Å²) in [6, 6.07) is 0.0524. The Balaban J connectivity index is 2.25. The first-order valence-electron chi connectivity index (χ1n) is 4.68. The van der Waals surface area contributed by atoms with Crippen LogP contribution in [0.25, 0.3) is 0 Å². The minimum Gasteiger partial charge on any atom is -0.317 e. The fourth-order valence-electron chi connectivity index (χ4n) is 1.80. The minimum atomic E-state index is -4.01. The van der Waals surface area contributed by atoms with Gasteiger partial charge in [0.1, 0.15) is 0 Å². The van der Waals surface area contributed by atoms with Crippen molar-refractivity contribution in [2.45, 2.75) is 38.4 Å². The molecule has 0 aromatic heterocycles. The Morgan fingerprint density at radius 1 is 1.46 bits per heavy atom. The van der Waals surface area contributed by atoms with Crippen LogP contribution in [-0.2, 0) is 0 Å². The van der Waals surface area contributed by atoms with E-state index in [-0.39, 0.29) is 12.5 Å². The van der Waals surface area contributed by atoms with Crippen LogP contribution in [-0.4, -0.2) is 19.3 Å². The third-order valence-corrected chi connectivity index (χ3v) is 2.80. The lowest BCUT2D eigenvalue weighted by Crippen LogP contribution is -2.29. The molecule has 0 aliphatic heterocycles. The fourth-order valence-corrected chi connectivity index (χ4v) is 1.80. The van der Waals surface area contributed by atoms with Crippen molar-refractivity contribution in [3.8, 4) is 0 Å². The van der Waals surface area contributed by atoms with Gasteiger partial charge in [-0.1, -0.05) is 6.92 Å². The summed E-state index contributed by atoms with van der Waals surface area (Å²) in [5.74, 6) is 1.07. The highest BCUT2D eigenvalue weighted by atomic mass is 19.4. The van der Waals surface area contributed by atoms with E-state index in [0.717, 1.165) is 6.42 Å². The maximum atomic E-state index is 11.9. The number of halogens is 3. The summed E-state index contributed by atoms with van der Waals surface area (Å²) in [6.45, 7) is 2.09. The standard InChI is InChI=1S/C9H16F3N/c1-6-5-7(6)8(13-2)3-4-9(10,11)12/h6-8,13H,3-5H2,1-2H3. The zero-order valence-electron chi connectivity index (χ0n) is 7.99. The highest BCUT2D eigenvalue weighted by Gasteiger charge is 2.40. The van der Waals surface area contributed by atoms with Crippen LogP contribution in [0.2, 0.25) is 0 Å². The molecule has 1 saturated carbocycles. The highest BCUT2D eigenvalue weighted by Crippen LogP contribution is 2.42. The Labute approximate surface area is 76.7 Å². The SMILES string of the molecule is CNC(CCC(F)(F)F)C1CC1C. The predicted octanol–water partition coefficient (Wildman–Crippen LogP) is 2.57. The first-order valence-corrected chi connectivity index (χ1v) is 4.68. The highest BCUT2D eigenvalue weighted by molar-refractivity contribution is 4.91. The molecule has 4 heteroatoms. The molecule has 0 amide bonds. The molecule has 1 rings (SSSR count). The lowest BCUT2D eigenvalue weighted by atomic mass is 10.1. The van der Waals surface area contributed by atoms with Gasteiger partial charge in [0.05, 0.1) is 0 Å². The zero-order valence-corrected chi connectivity index (χ0v) is 7.99. The Bertz CT molecular complexity index is 167. The predicted molar refractivity (Wildman–Crippen MR) is 45.4 cm³/mol. The number of hydrogen-bond donors (Lipinski definition) is 1. The maximum Gasteiger partial charge on any atom is 0.389 e. The van der Waals surface area contributed by atoms with Gasteiger partial charge in [-0.25, -0.2) is 0 Å². The van der Waals surface area contributed by atoms with E-state index in [1.165, 1.54) is 0 Å². The van der Waals surface area contributed by atoms with Gasteiger partial charge in [0.2, 0.25) is 0 Å². The van der Waals surface area contributed by atoms with Gasteiger partial charge in [0.25, 0.3) is 0 Å². The molecule has 0 heterocycles. The minimum absolute atomic E-state index is 0.0524. The molecule has 3 unspecified atom stereocenters. The van der Waals surface area contributed by atoms with Gasteiger partial charge in [0, 0.05) is 12.5 Å². The molecule has 78 valence electrons. The van der Waals surface area contributed by atoms with Crippen LogP contribution in [0.3, 0.4) is 0 Å². The van der Waals surface area contributed by atoms with Gasteiger partial charge in [-0.05, 0) is 31.7 Å². The van der Waals surface area contributed by atoms with Crippen LogP contribution in [0.15, 0.2) is 0 Å². The molecule has 1 N–H and O–H groups in total. The number of nitrogens with one attached hydrogen (secondary N) is 1. The van der Waals surface area contributed by atoms with Gasteiger partial charge in [0.15, 0.2) is 0 Å². The molecular formula is C9H16F3N. The molecule has 0 radical (unpaired) electrons. The molecule has 1 nitrogen and oxygen atoms in total. The second-order valence-electron chi connectivity index (χ2n) is 3.93. The second kappa shape index (κ2) is 3.86. The van der Waals surface area contributed by atoms with Crippen LogP contribution < -0.4 is 5.32 Å². The summed E-state index contributed by atoms with van der Waals surface area (Å²) < 4.78 is 35.7. The van der Waals surface area contributed by atoms with Gasteiger partial charge in [-0.15, -0.1) is 0 Å². The smallest absolute Gasteiger partial charge is 0.317 e. The van der Waals surface area contributed by atoms with Crippen molar-refractivity contribution < 1.29 is 13.2 Å². The molecule has 0 bridgehead atoms. The molecule has 1 aliphatic rings. The van der Waals surface area contributed by atoms with Gasteiger partial charge in [-0.3, -0.25) is 0 Å². The van der Waals surface area contributed by atoms with Crippen molar-refractivity contribution in [3.05, 3.63) is 0 Å². The van der Waals surface area contributed by atoms with E-state index < -0.39 is 12.6 Å². The topological polar surface area (TPSA) is 12.0 Å². The molecule has 0 aromatic rings. The van der Waals surface area contributed by atoms with Crippen molar-refractivity contribution in [2.75, 3.05) is 7.05 Å². The second-order valence-corrected chi connectivity index (χ2v) is 3.93. The first-order chi connectivity index (χ1) is 5.94. The molecule has 0 aromatic carbocycles. The van der Waals surface area contributed by atoms with Crippen LogP contribution in [0.5, 0.6) is 0 Å². The quantitative estimate of drug-likeness (QED) is 0.727. The summed E-state index contributed by atoms with van der Waals surface area (Å²) in [5, 5.41) is 2.97.